The number of hydrogen-bond donors (Lipinski definition) is 1. The Bertz CT molecular complexity index is 415. The molecule has 0 bridgehead atoms. The molecule has 0 fully saturated rings. The van der Waals surface area contributed by atoms with Gasteiger partial charge in [0.2, 0.25) is 0 Å². The molecule has 1 aliphatic rings. The minimum Gasteiger partial charge on any atom is -0.371 e. The van der Waals surface area contributed by atoms with Crippen LogP contribution < -0.4 is 5.32 Å². The predicted molar refractivity (Wildman–Crippen MR) is 59.7 cm³/mol. The first-order valence-electron chi connectivity index (χ1n) is 5.45. The van der Waals surface area contributed by atoms with E-state index in [0.29, 0.717) is 18.5 Å². The van der Waals surface area contributed by atoms with Gasteiger partial charge in [0.15, 0.2) is 0 Å². The lowest BCUT2D eigenvalue weighted by Gasteiger charge is -2.16. The SMILES string of the molecule is CCC(C1=NCCN1)c1cc(F)ccc1F. The maximum Gasteiger partial charge on any atom is 0.127 e. The molecule has 1 aromatic rings. The van der Waals surface area contributed by atoms with Crippen LogP contribution in [0.5, 0.6) is 0 Å². The molecule has 2 rings (SSSR count). The summed E-state index contributed by atoms with van der Waals surface area (Å²) in [5, 5.41) is 3.11. The average molecular weight is 224 g/mol. The lowest BCUT2D eigenvalue weighted by atomic mass is 9.94. The summed E-state index contributed by atoms with van der Waals surface area (Å²) in [4.78, 5) is 4.27. The fraction of sp³-hybridized carbons (Fsp3) is 0.417. The monoisotopic (exact) mass is 224 g/mol. The van der Waals surface area contributed by atoms with Crippen LogP contribution in [0.25, 0.3) is 0 Å². The first-order chi connectivity index (χ1) is 7.72. The zero-order chi connectivity index (χ0) is 11.5. The summed E-state index contributed by atoms with van der Waals surface area (Å²) in [6, 6.07) is 3.56. The number of aliphatic imine (C=N–C) groups is 1. The van der Waals surface area contributed by atoms with Crippen LogP contribution in [0.4, 0.5) is 8.78 Å². The lowest BCUT2D eigenvalue weighted by Crippen LogP contribution is -2.26. The van der Waals surface area contributed by atoms with Gasteiger partial charge in [-0.2, -0.15) is 0 Å². The van der Waals surface area contributed by atoms with Crippen LogP contribution in [-0.2, 0) is 0 Å². The van der Waals surface area contributed by atoms with Crippen LogP contribution in [0.2, 0.25) is 0 Å². The highest BCUT2D eigenvalue weighted by molar-refractivity contribution is 5.90. The summed E-state index contributed by atoms with van der Waals surface area (Å²) in [5.41, 5.74) is 0.385. The Morgan fingerprint density at radius 1 is 1.44 bits per heavy atom. The van der Waals surface area contributed by atoms with E-state index >= 15 is 0 Å². The predicted octanol–water partition coefficient (Wildman–Crippen LogP) is 2.46. The number of amidine groups is 1. The van der Waals surface area contributed by atoms with Crippen molar-refractivity contribution in [1.82, 2.24) is 5.32 Å². The highest BCUT2D eigenvalue weighted by Crippen LogP contribution is 2.25. The Hall–Kier alpha value is -1.45. The molecule has 86 valence electrons. The summed E-state index contributed by atoms with van der Waals surface area (Å²) in [6.45, 7) is 3.43. The van der Waals surface area contributed by atoms with Gasteiger partial charge >= 0.3 is 0 Å². The number of halogens is 2. The summed E-state index contributed by atoms with van der Waals surface area (Å²) in [5.74, 6) is -0.178. The standard InChI is InChI=1S/C12H14F2N2/c1-2-9(12-15-5-6-16-12)10-7-8(13)3-4-11(10)14/h3-4,7,9H,2,5-6H2,1H3,(H,15,16). The number of benzene rings is 1. The molecule has 1 N–H and O–H groups in total. The first kappa shape index (κ1) is 11.0. The highest BCUT2D eigenvalue weighted by atomic mass is 19.1. The van der Waals surface area contributed by atoms with Gasteiger partial charge in [-0.05, 0) is 24.6 Å². The topological polar surface area (TPSA) is 24.4 Å². The van der Waals surface area contributed by atoms with E-state index in [2.05, 4.69) is 10.3 Å². The Kier molecular flexibility index (Phi) is 3.17. The molecule has 0 amide bonds. The second kappa shape index (κ2) is 4.60. The largest absolute Gasteiger partial charge is 0.371 e. The van der Waals surface area contributed by atoms with E-state index in [9.17, 15) is 8.78 Å². The molecule has 1 aromatic carbocycles. The van der Waals surface area contributed by atoms with Crippen molar-refractivity contribution in [3.63, 3.8) is 0 Å². The fourth-order valence-electron chi connectivity index (χ4n) is 1.99. The third-order valence-corrected chi connectivity index (χ3v) is 2.77. The first-order valence-corrected chi connectivity index (χ1v) is 5.45. The molecule has 1 aliphatic heterocycles. The van der Waals surface area contributed by atoms with Crippen LogP contribution in [0, 0.1) is 11.6 Å². The molecule has 0 spiro atoms. The van der Waals surface area contributed by atoms with Gasteiger partial charge in [0.25, 0.3) is 0 Å². The number of nitrogens with zero attached hydrogens (tertiary/aromatic N) is 1. The third kappa shape index (κ3) is 2.05. The van der Waals surface area contributed by atoms with E-state index in [1.807, 2.05) is 6.92 Å². The minimum absolute atomic E-state index is 0.168. The molecule has 0 aliphatic carbocycles. The molecule has 16 heavy (non-hydrogen) atoms. The van der Waals surface area contributed by atoms with E-state index in [-0.39, 0.29) is 11.7 Å². The van der Waals surface area contributed by atoms with Crippen LogP contribution in [0.15, 0.2) is 23.2 Å². The van der Waals surface area contributed by atoms with Gasteiger partial charge in [0, 0.05) is 18.0 Å². The molecular formula is C12H14F2N2. The summed E-state index contributed by atoms with van der Waals surface area (Å²) >= 11 is 0. The van der Waals surface area contributed by atoms with Crippen molar-refractivity contribution in [2.75, 3.05) is 13.1 Å². The van der Waals surface area contributed by atoms with Crippen molar-refractivity contribution in [1.29, 1.82) is 0 Å². The van der Waals surface area contributed by atoms with Crippen molar-refractivity contribution in [3.05, 3.63) is 35.4 Å². The maximum atomic E-state index is 13.6. The molecular weight excluding hydrogens is 210 g/mol. The van der Waals surface area contributed by atoms with Crippen molar-refractivity contribution in [3.8, 4) is 0 Å². The summed E-state index contributed by atoms with van der Waals surface area (Å²) in [6.07, 6.45) is 0.701. The summed E-state index contributed by atoms with van der Waals surface area (Å²) < 4.78 is 26.7. The van der Waals surface area contributed by atoms with Crippen LogP contribution in [-0.4, -0.2) is 18.9 Å². The fourth-order valence-corrected chi connectivity index (χ4v) is 1.99. The Morgan fingerprint density at radius 2 is 2.25 bits per heavy atom. The molecule has 0 aromatic heterocycles. The van der Waals surface area contributed by atoms with Crippen LogP contribution in [0.1, 0.15) is 24.8 Å². The normalized spacial score (nSPS) is 16.8. The zero-order valence-corrected chi connectivity index (χ0v) is 9.13. The number of hydrogen-bond acceptors (Lipinski definition) is 2. The van der Waals surface area contributed by atoms with Crippen molar-refractivity contribution < 1.29 is 8.78 Å². The van der Waals surface area contributed by atoms with E-state index < -0.39 is 5.82 Å². The molecule has 0 saturated heterocycles. The Balaban J connectivity index is 2.35. The van der Waals surface area contributed by atoms with Crippen molar-refractivity contribution in [2.24, 2.45) is 4.99 Å². The number of rotatable bonds is 3. The summed E-state index contributed by atoms with van der Waals surface area (Å²) in [7, 11) is 0. The Morgan fingerprint density at radius 3 is 2.88 bits per heavy atom. The molecule has 4 heteroatoms. The lowest BCUT2D eigenvalue weighted by molar-refractivity contribution is 0.576. The van der Waals surface area contributed by atoms with Crippen molar-refractivity contribution in [2.45, 2.75) is 19.3 Å². The van der Waals surface area contributed by atoms with E-state index in [0.717, 1.165) is 18.4 Å². The van der Waals surface area contributed by atoms with E-state index in [1.54, 1.807) is 0 Å². The molecule has 2 nitrogen and oxygen atoms in total. The second-order valence-electron chi connectivity index (χ2n) is 3.82. The maximum absolute atomic E-state index is 13.6. The van der Waals surface area contributed by atoms with Gasteiger partial charge in [0.1, 0.15) is 17.5 Å². The Labute approximate surface area is 93.4 Å². The van der Waals surface area contributed by atoms with Crippen LogP contribution >= 0.6 is 0 Å². The highest BCUT2D eigenvalue weighted by Gasteiger charge is 2.22. The molecule has 1 unspecified atom stereocenters. The van der Waals surface area contributed by atoms with Crippen LogP contribution in [0.3, 0.4) is 0 Å². The zero-order valence-electron chi connectivity index (χ0n) is 9.13. The third-order valence-electron chi connectivity index (χ3n) is 2.77. The number of nitrogens with one attached hydrogen (secondary N) is 1. The smallest absolute Gasteiger partial charge is 0.127 e. The average Bonchev–Trinajstić information content (AvgIpc) is 2.78. The second-order valence-corrected chi connectivity index (χ2v) is 3.82. The van der Waals surface area contributed by atoms with Crippen molar-refractivity contribution >= 4 is 5.84 Å². The van der Waals surface area contributed by atoms with E-state index in [4.69, 9.17) is 0 Å². The van der Waals surface area contributed by atoms with Gasteiger partial charge in [-0.1, -0.05) is 6.92 Å². The van der Waals surface area contributed by atoms with Gasteiger partial charge in [-0.3, -0.25) is 4.99 Å². The molecule has 0 radical (unpaired) electrons. The molecule has 0 saturated carbocycles. The molecule has 1 atom stereocenters. The van der Waals surface area contributed by atoms with Gasteiger partial charge in [-0.15, -0.1) is 0 Å². The van der Waals surface area contributed by atoms with Gasteiger partial charge in [-0.25, -0.2) is 8.78 Å². The minimum atomic E-state index is -0.409. The van der Waals surface area contributed by atoms with Gasteiger partial charge < -0.3 is 5.32 Å². The quantitative estimate of drug-likeness (QED) is 0.838. The van der Waals surface area contributed by atoms with Gasteiger partial charge in [0.05, 0.1) is 6.54 Å². The molecule has 1 heterocycles. The van der Waals surface area contributed by atoms with E-state index in [1.165, 1.54) is 12.1 Å².